The zero-order chi connectivity index (χ0) is 26.3. The SMILES string of the molecule is Cc1ccc(NC(=O)N2CC3(CCN(c4ccc(C#N)c(C(F)(F)F)c4)CC3)CC2C(N)=O)c(C)c1. The largest absolute Gasteiger partial charge is 0.417 e. The van der Waals surface area contributed by atoms with Gasteiger partial charge in [-0.15, -0.1) is 0 Å². The summed E-state index contributed by atoms with van der Waals surface area (Å²) in [5, 5.41) is 11.9. The molecule has 0 saturated carbocycles. The minimum Gasteiger partial charge on any atom is -0.371 e. The van der Waals surface area contributed by atoms with Gasteiger partial charge in [0, 0.05) is 31.0 Å². The Morgan fingerprint density at radius 3 is 2.42 bits per heavy atom. The molecule has 0 aromatic heterocycles. The predicted octanol–water partition coefficient (Wildman–Crippen LogP) is 4.57. The van der Waals surface area contributed by atoms with Crippen molar-refractivity contribution < 1.29 is 22.8 Å². The number of likely N-dealkylation sites (tertiary alicyclic amines) is 1. The number of primary amides is 1. The van der Waals surface area contributed by atoms with Gasteiger partial charge in [-0.2, -0.15) is 18.4 Å². The van der Waals surface area contributed by atoms with Gasteiger partial charge >= 0.3 is 12.2 Å². The summed E-state index contributed by atoms with van der Waals surface area (Å²) in [6.45, 7) is 5.11. The number of nitrogens with zero attached hydrogens (tertiary/aromatic N) is 3. The van der Waals surface area contributed by atoms with Gasteiger partial charge in [0.1, 0.15) is 6.04 Å². The third-order valence-electron chi connectivity index (χ3n) is 7.34. The van der Waals surface area contributed by atoms with Crippen molar-refractivity contribution in [3.8, 4) is 6.07 Å². The number of halogens is 3. The van der Waals surface area contributed by atoms with Crippen LogP contribution in [0.5, 0.6) is 0 Å². The maximum absolute atomic E-state index is 13.4. The number of alkyl halides is 3. The van der Waals surface area contributed by atoms with Crippen molar-refractivity contribution >= 4 is 23.3 Å². The number of nitriles is 1. The Balaban J connectivity index is 1.48. The van der Waals surface area contributed by atoms with Gasteiger partial charge < -0.3 is 20.9 Å². The van der Waals surface area contributed by atoms with Crippen LogP contribution in [-0.4, -0.2) is 42.5 Å². The Morgan fingerprint density at radius 1 is 1.14 bits per heavy atom. The van der Waals surface area contributed by atoms with E-state index in [1.54, 1.807) is 6.07 Å². The Bertz CT molecular complexity index is 1230. The monoisotopic (exact) mass is 499 g/mol. The first-order chi connectivity index (χ1) is 16.9. The third kappa shape index (κ3) is 4.96. The van der Waals surface area contributed by atoms with E-state index in [1.165, 1.54) is 17.0 Å². The summed E-state index contributed by atoms with van der Waals surface area (Å²) in [4.78, 5) is 28.7. The van der Waals surface area contributed by atoms with E-state index < -0.39 is 35.3 Å². The second-order valence-electron chi connectivity index (χ2n) is 9.83. The summed E-state index contributed by atoms with van der Waals surface area (Å²) in [5.41, 5.74) is 6.97. The molecule has 0 bridgehead atoms. The summed E-state index contributed by atoms with van der Waals surface area (Å²) in [5.74, 6) is -0.577. The number of urea groups is 1. The van der Waals surface area contributed by atoms with Crippen molar-refractivity contribution in [3.05, 3.63) is 58.7 Å². The van der Waals surface area contributed by atoms with E-state index in [4.69, 9.17) is 11.0 Å². The molecule has 36 heavy (non-hydrogen) atoms. The highest BCUT2D eigenvalue weighted by atomic mass is 19.4. The predicted molar refractivity (Wildman–Crippen MR) is 129 cm³/mol. The van der Waals surface area contributed by atoms with Crippen LogP contribution >= 0.6 is 0 Å². The summed E-state index contributed by atoms with van der Waals surface area (Å²) < 4.78 is 40.2. The number of hydrogen-bond acceptors (Lipinski definition) is 4. The lowest BCUT2D eigenvalue weighted by Gasteiger charge is -2.40. The molecule has 2 aromatic carbocycles. The Morgan fingerprint density at radius 2 is 1.83 bits per heavy atom. The number of carbonyl (C=O) groups is 2. The smallest absolute Gasteiger partial charge is 0.371 e. The normalized spacial score (nSPS) is 19.3. The van der Waals surface area contributed by atoms with Gasteiger partial charge in [0.2, 0.25) is 5.91 Å². The highest BCUT2D eigenvalue weighted by Gasteiger charge is 2.49. The maximum atomic E-state index is 13.4. The van der Waals surface area contributed by atoms with Crippen LogP contribution in [0.15, 0.2) is 36.4 Å². The van der Waals surface area contributed by atoms with E-state index in [0.717, 1.165) is 17.2 Å². The van der Waals surface area contributed by atoms with E-state index in [0.29, 0.717) is 50.3 Å². The van der Waals surface area contributed by atoms with Crippen LogP contribution in [0.2, 0.25) is 0 Å². The highest BCUT2D eigenvalue weighted by Crippen LogP contribution is 2.45. The molecule has 7 nitrogen and oxygen atoms in total. The zero-order valence-corrected chi connectivity index (χ0v) is 20.2. The summed E-state index contributed by atoms with van der Waals surface area (Å²) >= 11 is 0. The first kappa shape index (κ1) is 25.4. The van der Waals surface area contributed by atoms with Crippen molar-refractivity contribution in [2.75, 3.05) is 29.9 Å². The van der Waals surface area contributed by atoms with E-state index in [2.05, 4.69) is 5.32 Å². The lowest BCUT2D eigenvalue weighted by molar-refractivity contribution is -0.137. The summed E-state index contributed by atoms with van der Waals surface area (Å²) in [7, 11) is 0. The van der Waals surface area contributed by atoms with Crippen molar-refractivity contribution in [2.45, 2.75) is 45.3 Å². The number of benzene rings is 2. The van der Waals surface area contributed by atoms with Crippen molar-refractivity contribution in [2.24, 2.45) is 11.1 Å². The average molecular weight is 500 g/mol. The Kier molecular flexibility index (Phi) is 6.60. The number of nitrogens with two attached hydrogens (primary N) is 1. The number of amides is 3. The van der Waals surface area contributed by atoms with Crippen molar-refractivity contribution in [1.82, 2.24) is 4.90 Å². The van der Waals surface area contributed by atoms with E-state index in [1.807, 2.05) is 36.9 Å². The number of nitrogens with one attached hydrogen (secondary N) is 1. The Hall–Kier alpha value is -3.74. The van der Waals surface area contributed by atoms with Gasteiger partial charge in [-0.1, -0.05) is 17.7 Å². The van der Waals surface area contributed by atoms with E-state index in [9.17, 15) is 22.8 Å². The third-order valence-corrected chi connectivity index (χ3v) is 7.34. The second-order valence-corrected chi connectivity index (χ2v) is 9.83. The maximum Gasteiger partial charge on any atom is 0.417 e. The second kappa shape index (κ2) is 9.37. The van der Waals surface area contributed by atoms with E-state index in [-0.39, 0.29) is 5.41 Å². The molecule has 2 fully saturated rings. The molecule has 4 rings (SSSR count). The van der Waals surface area contributed by atoms with Crippen LogP contribution in [0.4, 0.5) is 29.3 Å². The number of hydrogen-bond donors (Lipinski definition) is 2. The minimum absolute atomic E-state index is 0.340. The standard InChI is InChI=1S/C26H28F3N5O2/c1-16-3-6-21(17(2)11-16)32-24(36)34-15-25(13-22(34)23(31)35)7-9-33(10-8-25)19-5-4-18(14-30)20(12-19)26(27,28)29/h3-6,11-12,22H,7-10,13,15H2,1-2H3,(H2,31,35)(H,32,36). The molecule has 2 aliphatic rings. The van der Waals surface area contributed by atoms with E-state index >= 15 is 0 Å². The number of piperidine rings is 1. The molecular weight excluding hydrogens is 471 g/mol. The molecule has 10 heteroatoms. The van der Waals surface area contributed by atoms with Crippen molar-refractivity contribution in [1.29, 1.82) is 5.26 Å². The molecule has 1 spiro atoms. The van der Waals surface area contributed by atoms with Crippen LogP contribution in [0.1, 0.15) is 41.5 Å². The van der Waals surface area contributed by atoms with Crippen molar-refractivity contribution in [3.63, 3.8) is 0 Å². The molecule has 0 radical (unpaired) electrons. The minimum atomic E-state index is -4.62. The van der Waals surface area contributed by atoms with Gasteiger partial charge in [-0.05, 0) is 68.4 Å². The first-order valence-corrected chi connectivity index (χ1v) is 11.7. The Labute approximate surface area is 207 Å². The molecule has 3 amide bonds. The number of aryl methyl sites for hydroxylation is 2. The van der Waals surface area contributed by atoms with Crippen LogP contribution in [0.3, 0.4) is 0 Å². The fourth-order valence-corrected chi connectivity index (χ4v) is 5.33. The van der Waals surface area contributed by atoms with Crippen LogP contribution in [-0.2, 0) is 11.0 Å². The molecular formula is C26H28F3N5O2. The fraction of sp³-hybridized carbons (Fsp3) is 0.423. The van der Waals surface area contributed by atoms with Gasteiger partial charge in [0.25, 0.3) is 0 Å². The summed E-state index contributed by atoms with van der Waals surface area (Å²) in [6.07, 6.45) is -3.03. The fourth-order valence-electron chi connectivity index (χ4n) is 5.33. The quantitative estimate of drug-likeness (QED) is 0.646. The topological polar surface area (TPSA) is 102 Å². The molecule has 2 aliphatic heterocycles. The molecule has 2 aromatic rings. The zero-order valence-electron chi connectivity index (χ0n) is 20.2. The van der Waals surface area contributed by atoms with Crippen LogP contribution < -0.4 is 16.0 Å². The first-order valence-electron chi connectivity index (χ1n) is 11.7. The average Bonchev–Trinajstić information content (AvgIpc) is 3.20. The molecule has 1 unspecified atom stereocenters. The number of rotatable bonds is 3. The van der Waals surface area contributed by atoms with Crippen LogP contribution in [0.25, 0.3) is 0 Å². The molecule has 1 atom stereocenters. The molecule has 190 valence electrons. The number of anilines is 2. The molecule has 0 aliphatic carbocycles. The van der Waals surface area contributed by atoms with Crippen LogP contribution in [0, 0.1) is 30.6 Å². The lowest BCUT2D eigenvalue weighted by atomic mass is 9.76. The highest BCUT2D eigenvalue weighted by molar-refractivity contribution is 5.94. The summed E-state index contributed by atoms with van der Waals surface area (Å²) in [6, 6.07) is 9.85. The molecule has 3 N–H and O–H groups in total. The molecule has 2 heterocycles. The lowest BCUT2D eigenvalue weighted by Crippen LogP contribution is -2.46. The van der Waals surface area contributed by atoms with Gasteiger partial charge in [-0.25, -0.2) is 4.79 Å². The van der Waals surface area contributed by atoms with Gasteiger partial charge in [0.15, 0.2) is 0 Å². The van der Waals surface area contributed by atoms with Gasteiger partial charge in [0.05, 0.1) is 17.2 Å². The molecule has 2 saturated heterocycles. The number of carbonyl (C=O) groups excluding carboxylic acids is 2. The van der Waals surface area contributed by atoms with Gasteiger partial charge in [-0.3, -0.25) is 4.79 Å².